The molecular weight excluding hydrogens is 348 g/mol. The Hall–Kier alpha value is -2.46. The predicted molar refractivity (Wildman–Crippen MR) is 110 cm³/mol. The second-order valence-corrected chi connectivity index (χ2v) is 8.09. The van der Waals surface area contributed by atoms with Crippen LogP contribution in [0, 0.1) is 11.8 Å². The van der Waals surface area contributed by atoms with Crippen molar-refractivity contribution in [1.29, 1.82) is 0 Å². The van der Waals surface area contributed by atoms with Crippen molar-refractivity contribution in [2.75, 3.05) is 19.6 Å². The molecular formula is C24H28N2O2. The zero-order valence-corrected chi connectivity index (χ0v) is 16.3. The number of hydrogen-bond donors (Lipinski definition) is 1. The van der Waals surface area contributed by atoms with E-state index in [-0.39, 0.29) is 11.8 Å². The van der Waals surface area contributed by atoms with E-state index in [1.54, 1.807) is 12.1 Å². The molecule has 2 aliphatic rings. The summed E-state index contributed by atoms with van der Waals surface area (Å²) in [5.41, 5.74) is 2.49. The van der Waals surface area contributed by atoms with Crippen LogP contribution in [0.3, 0.4) is 0 Å². The van der Waals surface area contributed by atoms with Crippen LogP contribution in [0.25, 0.3) is 0 Å². The van der Waals surface area contributed by atoms with E-state index >= 15 is 0 Å². The first-order valence-electron chi connectivity index (χ1n) is 10.4. The fourth-order valence-electron chi connectivity index (χ4n) is 4.46. The molecule has 0 spiro atoms. The van der Waals surface area contributed by atoms with E-state index in [9.17, 15) is 9.59 Å². The smallest absolute Gasteiger partial charge is 0.261 e. The third-order valence-electron chi connectivity index (χ3n) is 6.15. The number of benzene rings is 2. The Labute approximate surface area is 166 Å². The van der Waals surface area contributed by atoms with Crippen molar-refractivity contribution >= 4 is 11.8 Å². The largest absolute Gasteiger partial charge is 0.316 e. The maximum absolute atomic E-state index is 12.5. The topological polar surface area (TPSA) is 49.4 Å². The monoisotopic (exact) mass is 376 g/mol. The Kier molecular flexibility index (Phi) is 5.87. The SMILES string of the molecule is O=C1c2ccccc2C(=O)N1CC1CCC(CNCCc2ccccc2)CC1. The van der Waals surface area contributed by atoms with Crippen molar-refractivity contribution in [3.8, 4) is 0 Å². The summed E-state index contributed by atoms with van der Waals surface area (Å²) < 4.78 is 0. The molecule has 1 fully saturated rings. The molecule has 2 aromatic carbocycles. The molecule has 4 rings (SSSR count). The highest BCUT2D eigenvalue weighted by Crippen LogP contribution is 2.31. The molecule has 1 aliphatic carbocycles. The lowest BCUT2D eigenvalue weighted by molar-refractivity contribution is 0.0610. The van der Waals surface area contributed by atoms with Gasteiger partial charge in [-0.05, 0) is 74.7 Å². The van der Waals surface area contributed by atoms with Crippen LogP contribution in [-0.4, -0.2) is 36.3 Å². The average Bonchev–Trinajstić information content (AvgIpc) is 2.98. The van der Waals surface area contributed by atoms with Crippen molar-refractivity contribution in [3.63, 3.8) is 0 Å². The standard InChI is InChI=1S/C24H28N2O2/c27-23-21-8-4-5-9-22(21)24(28)26(23)17-20-12-10-19(11-13-20)16-25-15-14-18-6-2-1-3-7-18/h1-9,19-20,25H,10-17H2. The highest BCUT2D eigenvalue weighted by molar-refractivity contribution is 6.21. The summed E-state index contributed by atoms with van der Waals surface area (Å²) in [5, 5.41) is 3.60. The second kappa shape index (κ2) is 8.70. The van der Waals surface area contributed by atoms with Crippen molar-refractivity contribution in [3.05, 3.63) is 71.3 Å². The molecule has 0 atom stereocenters. The molecule has 0 aromatic heterocycles. The van der Waals surface area contributed by atoms with Gasteiger partial charge in [-0.15, -0.1) is 0 Å². The molecule has 1 N–H and O–H groups in total. The number of nitrogens with zero attached hydrogens (tertiary/aromatic N) is 1. The van der Waals surface area contributed by atoms with Gasteiger partial charge in [-0.3, -0.25) is 14.5 Å². The second-order valence-electron chi connectivity index (χ2n) is 8.09. The van der Waals surface area contributed by atoms with Gasteiger partial charge in [0.2, 0.25) is 0 Å². The fourth-order valence-corrected chi connectivity index (χ4v) is 4.46. The van der Waals surface area contributed by atoms with E-state index in [1.165, 1.54) is 23.3 Å². The minimum absolute atomic E-state index is 0.120. The van der Waals surface area contributed by atoms with E-state index in [2.05, 4.69) is 35.6 Å². The zero-order chi connectivity index (χ0) is 19.3. The molecule has 1 aliphatic heterocycles. The summed E-state index contributed by atoms with van der Waals surface area (Å²) in [7, 11) is 0. The van der Waals surface area contributed by atoms with Gasteiger partial charge < -0.3 is 5.32 Å². The molecule has 146 valence electrons. The van der Waals surface area contributed by atoms with Crippen molar-refractivity contribution in [2.45, 2.75) is 32.1 Å². The molecule has 28 heavy (non-hydrogen) atoms. The lowest BCUT2D eigenvalue weighted by Crippen LogP contribution is -2.36. The zero-order valence-electron chi connectivity index (χ0n) is 16.3. The Morgan fingerprint density at radius 2 is 1.36 bits per heavy atom. The summed E-state index contributed by atoms with van der Waals surface area (Å²) in [6.45, 7) is 2.64. The maximum atomic E-state index is 12.5. The van der Waals surface area contributed by atoms with Gasteiger partial charge >= 0.3 is 0 Å². The number of fused-ring (bicyclic) bond motifs is 1. The summed E-state index contributed by atoms with van der Waals surface area (Å²) in [5.74, 6) is 0.896. The first-order valence-corrected chi connectivity index (χ1v) is 10.4. The van der Waals surface area contributed by atoms with Gasteiger partial charge in [0.15, 0.2) is 0 Å². The van der Waals surface area contributed by atoms with Crippen LogP contribution in [0.2, 0.25) is 0 Å². The van der Waals surface area contributed by atoms with E-state index in [1.807, 2.05) is 12.1 Å². The number of nitrogens with one attached hydrogen (secondary N) is 1. The highest BCUT2D eigenvalue weighted by atomic mass is 16.2. The van der Waals surface area contributed by atoms with E-state index in [4.69, 9.17) is 0 Å². The first-order chi connectivity index (χ1) is 13.7. The van der Waals surface area contributed by atoms with Crippen LogP contribution in [0.1, 0.15) is 52.0 Å². The summed E-state index contributed by atoms with van der Waals surface area (Å²) in [6, 6.07) is 17.7. The fraction of sp³-hybridized carbons (Fsp3) is 0.417. The minimum atomic E-state index is -0.120. The molecule has 0 bridgehead atoms. The number of hydrogen-bond acceptors (Lipinski definition) is 3. The van der Waals surface area contributed by atoms with Gasteiger partial charge in [0.1, 0.15) is 0 Å². The van der Waals surface area contributed by atoms with Crippen molar-refractivity contribution in [2.24, 2.45) is 11.8 Å². The lowest BCUT2D eigenvalue weighted by Gasteiger charge is -2.30. The number of carbonyl (C=O) groups is 2. The Bertz CT molecular complexity index is 791. The van der Waals surface area contributed by atoms with Crippen LogP contribution in [0.5, 0.6) is 0 Å². The lowest BCUT2D eigenvalue weighted by atomic mass is 9.81. The number of amides is 2. The predicted octanol–water partition coefficient (Wildman–Crippen LogP) is 3.92. The van der Waals surface area contributed by atoms with Gasteiger partial charge in [0.25, 0.3) is 11.8 Å². The summed E-state index contributed by atoms with van der Waals surface area (Å²) >= 11 is 0. The van der Waals surface area contributed by atoms with Crippen LogP contribution in [-0.2, 0) is 6.42 Å². The number of imide groups is 1. The maximum Gasteiger partial charge on any atom is 0.261 e. The molecule has 0 saturated heterocycles. The molecule has 2 aromatic rings. The first kappa shape index (κ1) is 18.9. The quantitative estimate of drug-likeness (QED) is 0.589. The number of carbonyl (C=O) groups excluding carboxylic acids is 2. The van der Waals surface area contributed by atoms with Gasteiger partial charge in [0, 0.05) is 6.54 Å². The molecule has 4 nitrogen and oxygen atoms in total. The van der Waals surface area contributed by atoms with Crippen molar-refractivity contribution < 1.29 is 9.59 Å². The molecule has 0 radical (unpaired) electrons. The van der Waals surface area contributed by atoms with Gasteiger partial charge in [-0.25, -0.2) is 0 Å². The summed E-state index contributed by atoms with van der Waals surface area (Å²) in [4.78, 5) is 26.5. The molecule has 0 unspecified atom stereocenters. The average molecular weight is 377 g/mol. The van der Waals surface area contributed by atoms with Gasteiger partial charge in [0.05, 0.1) is 11.1 Å². The number of rotatable bonds is 7. The van der Waals surface area contributed by atoms with Crippen LogP contribution >= 0.6 is 0 Å². The molecule has 4 heteroatoms. The Morgan fingerprint density at radius 1 is 0.786 bits per heavy atom. The Morgan fingerprint density at radius 3 is 2.00 bits per heavy atom. The third-order valence-corrected chi connectivity index (χ3v) is 6.15. The van der Waals surface area contributed by atoms with Gasteiger partial charge in [-0.1, -0.05) is 42.5 Å². The highest BCUT2D eigenvalue weighted by Gasteiger charge is 2.36. The Balaban J connectivity index is 1.19. The van der Waals surface area contributed by atoms with Crippen LogP contribution in [0.4, 0.5) is 0 Å². The van der Waals surface area contributed by atoms with Crippen molar-refractivity contribution in [1.82, 2.24) is 10.2 Å². The van der Waals surface area contributed by atoms with Crippen LogP contribution in [0.15, 0.2) is 54.6 Å². The van der Waals surface area contributed by atoms with E-state index in [0.717, 1.165) is 32.4 Å². The third kappa shape index (κ3) is 4.17. The normalized spacial score (nSPS) is 21.8. The molecule has 1 saturated carbocycles. The van der Waals surface area contributed by atoms with E-state index < -0.39 is 0 Å². The summed E-state index contributed by atoms with van der Waals surface area (Å²) in [6.07, 6.45) is 5.60. The minimum Gasteiger partial charge on any atom is -0.316 e. The molecule has 2 amide bonds. The van der Waals surface area contributed by atoms with Gasteiger partial charge in [-0.2, -0.15) is 0 Å². The van der Waals surface area contributed by atoms with Crippen LogP contribution < -0.4 is 5.32 Å². The molecule has 1 heterocycles. The van der Waals surface area contributed by atoms with E-state index in [0.29, 0.717) is 29.5 Å².